The number of nitrogens with one attached hydrogen (secondary N) is 1. The number of benzene rings is 1. The van der Waals surface area contributed by atoms with E-state index in [-0.39, 0.29) is 12.1 Å². The molecule has 1 N–H and O–H groups in total. The monoisotopic (exact) mass is 350 g/mol. The highest BCUT2D eigenvalue weighted by molar-refractivity contribution is 7.92. The molecule has 2 unspecified atom stereocenters. The summed E-state index contributed by atoms with van der Waals surface area (Å²) in [6, 6.07) is 5.76. The van der Waals surface area contributed by atoms with Gasteiger partial charge in [0.05, 0.1) is 11.9 Å². The summed E-state index contributed by atoms with van der Waals surface area (Å²) in [6.45, 7) is 3.96. The Hall–Kier alpha value is -1.93. The number of fused-ring (bicyclic) bond motifs is 1. The Morgan fingerprint density at radius 1 is 1.46 bits per heavy atom. The molecule has 2 atom stereocenters. The first-order valence-corrected chi connectivity index (χ1v) is 9.77. The van der Waals surface area contributed by atoms with Crippen LogP contribution in [0.3, 0.4) is 0 Å². The van der Waals surface area contributed by atoms with Crippen molar-refractivity contribution in [3.63, 3.8) is 0 Å². The van der Waals surface area contributed by atoms with Gasteiger partial charge in [0.25, 0.3) is 5.89 Å². The van der Waals surface area contributed by atoms with Gasteiger partial charge in [0.1, 0.15) is 0 Å². The van der Waals surface area contributed by atoms with Crippen LogP contribution in [0.4, 0.5) is 5.69 Å². The zero-order valence-electron chi connectivity index (χ0n) is 14.3. The third-order valence-corrected chi connectivity index (χ3v) is 5.56. The summed E-state index contributed by atoms with van der Waals surface area (Å²) in [5, 5.41) is 7.15. The van der Waals surface area contributed by atoms with E-state index >= 15 is 0 Å². The molecule has 0 bridgehead atoms. The van der Waals surface area contributed by atoms with Gasteiger partial charge < -0.3 is 9.84 Å². The number of hydrogen-bond donors (Lipinski definition) is 1. The Morgan fingerprint density at radius 2 is 2.21 bits per heavy atom. The fourth-order valence-electron chi connectivity index (χ4n) is 3.07. The molecule has 7 nitrogen and oxygen atoms in total. The maximum atomic E-state index is 12.0. The van der Waals surface area contributed by atoms with Crippen molar-refractivity contribution >= 4 is 15.7 Å². The molecule has 0 fully saturated rings. The molecular formula is C16H22N4O3S. The first-order valence-electron chi connectivity index (χ1n) is 7.92. The van der Waals surface area contributed by atoms with Crippen LogP contribution in [-0.2, 0) is 22.9 Å². The molecule has 8 heteroatoms. The molecule has 1 aromatic carbocycles. The average Bonchev–Trinajstić information content (AvgIpc) is 3.08. The summed E-state index contributed by atoms with van der Waals surface area (Å²) in [4.78, 5) is 4.43. The SMILES string of the molecule is CNC(C)Cc1noc(-c2ccc3c(c2)CC(C)N3S(C)(=O)=O)n1. The van der Waals surface area contributed by atoms with E-state index in [2.05, 4.69) is 15.5 Å². The third kappa shape index (κ3) is 3.16. The molecule has 3 rings (SSSR count). The second-order valence-corrected chi connectivity index (χ2v) is 8.22. The van der Waals surface area contributed by atoms with Gasteiger partial charge >= 0.3 is 0 Å². The van der Waals surface area contributed by atoms with Crippen LogP contribution in [-0.4, -0.2) is 43.9 Å². The lowest BCUT2D eigenvalue weighted by molar-refractivity contribution is 0.418. The fraction of sp³-hybridized carbons (Fsp3) is 0.500. The van der Waals surface area contributed by atoms with Crippen LogP contribution in [0.5, 0.6) is 0 Å². The minimum Gasteiger partial charge on any atom is -0.334 e. The molecule has 0 spiro atoms. The van der Waals surface area contributed by atoms with E-state index in [4.69, 9.17) is 4.52 Å². The van der Waals surface area contributed by atoms with Crippen molar-refractivity contribution in [2.75, 3.05) is 17.6 Å². The van der Waals surface area contributed by atoms with Gasteiger partial charge in [-0.1, -0.05) is 5.16 Å². The number of aromatic nitrogens is 2. The van der Waals surface area contributed by atoms with Crippen molar-refractivity contribution in [3.05, 3.63) is 29.6 Å². The predicted molar refractivity (Wildman–Crippen MR) is 92.4 cm³/mol. The van der Waals surface area contributed by atoms with Gasteiger partial charge in [-0.05, 0) is 51.1 Å². The van der Waals surface area contributed by atoms with E-state index in [1.54, 1.807) is 0 Å². The Bertz CT molecular complexity index is 847. The van der Waals surface area contributed by atoms with E-state index < -0.39 is 10.0 Å². The van der Waals surface area contributed by atoms with Gasteiger partial charge in [-0.3, -0.25) is 4.31 Å². The maximum absolute atomic E-state index is 12.0. The molecular weight excluding hydrogens is 328 g/mol. The van der Waals surface area contributed by atoms with Crippen molar-refractivity contribution in [3.8, 4) is 11.5 Å². The van der Waals surface area contributed by atoms with Gasteiger partial charge in [-0.25, -0.2) is 8.42 Å². The Kier molecular flexibility index (Phi) is 4.35. The molecule has 1 aliphatic rings. The molecule has 24 heavy (non-hydrogen) atoms. The summed E-state index contributed by atoms with van der Waals surface area (Å²) >= 11 is 0. The van der Waals surface area contributed by atoms with Gasteiger partial charge in [0.15, 0.2) is 5.82 Å². The van der Waals surface area contributed by atoms with Crippen molar-refractivity contribution < 1.29 is 12.9 Å². The van der Waals surface area contributed by atoms with Crippen molar-refractivity contribution in [2.24, 2.45) is 0 Å². The Labute approximate surface area is 142 Å². The van der Waals surface area contributed by atoms with Gasteiger partial charge in [-0.15, -0.1) is 0 Å². The summed E-state index contributed by atoms with van der Waals surface area (Å²) < 4.78 is 30.8. The zero-order chi connectivity index (χ0) is 17.5. The number of likely N-dealkylation sites (N-methyl/N-ethyl adjacent to an activating group) is 1. The number of hydrogen-bond acceptors (Lipinski definition) is 6. The Morgan fingerprint density at radius 3 is 2.88 bits per heavy atom. The minimum absolute atomic E-state index is 0.0834. The number of nitrogens with zero attached hydrogens (tertiary/aromatic N) is 3. The third-order valence-electron chi connectivity index (χ3n) is 4.29. The van der Waals surface area contributed by atoms with Crippen LogP contribution >= 0.6 is 0 Å². The van der Waals surface area contributed by atoms with Crippen LogP contribution in [0.1, 0.15) is 25.2 Å². The highest BCUT2D eigenvalue weighted by atomic mass is 32.2. The van der Waals surface area contributed by atoms with Gasteiger partial charge in [0.2, 0.25) is 10.0 Å². The van der Waals surface area contributed by atoms with E-state index in [0.717, 1.165) is 16.8 Å². The lowest BCUT2D eigenvalue weighted by atomic mass is 10.1. The molecule has 0 radical (unpaired) electrons. The first-order chi connectivity index (χ1) is 11.3. The van der Waals surface area contributed by atoms with Gasteiger partial charge in [0, 0.05) is 24.1 Å². The molecule has 130 valence electrons. The smallest absolute Gasteiger partial charge is 0.257 e. The van der Waals surface area contributed by atoms with Crippen LogP contribution in [0.15, 0.2) is 22.7 Å². The van der Waals surface area contributed by atoms with E-state index in [1.807, 2.05) is 39.1 Å². The molecule has 2 aromatic rings. The molecule has 1 aliphatic heterocycles. The standard InChI is InChI=1S/C16H22N4O3S/c1-10(17-3)7-15-18-16(23-19-15)12-5-6-14-13(9-12)8-11(2)20(14)24(4,21)22/h5-6,9-11,17H,7-8H2,1-4H3. The van der Waals surface area contributed by atoms with Gasteiger partial charge in [-0.2, -0.15) is 4.98 Å². The predicted octanol–water partition coefficient (Wildman–Crippen LogP) is 1.60. The van der Waals surface area contributed by atoms with Crippen molar-refractivity contribution in [1.29, 1.82) is 0 Å². The average molecular weight is 350 g/mol. The Balaban J connectivity index is 1.90. The van der Waals surface area contributed by atoms with Crippen LogP contribution in [0, 0.1) is 0 Å². The fourth-order valence-corrected chi connectivity index (χ4v) is 4.33. The first kappa shape index (κ1) is 16.9. The van der Waals surface area contributed by atoms with Crippen LogP contribution in [0.2, 0.25) is 0 Å². The van der Waals surface area contributed by atoms with E-state index in [0.29, 0.717) is 24.6 Å². The van der Waals surface area contributed by atoms with E-state index in [1.165, 1.54) is 10.6 Å². The topological polar surface area (TPSA) is 88.3 Å². The molecule has 0 saturated heterocycles. The summed E-state index contributed by atoms with van der Waals surface area (Å²) in [5.74, 6) is 1.11. The quantitative estimate of drug-likeness (QED) is 0.881. The summed E-state index contributed by atoms with van der Waals surface area (Å²) in [6.07, 6.45) is 2.59. The lowest BCUT2D eigenvalue weighted by Gasteiger charge is -2.21. The van der Waals surface area contributed by atoms with Crippen molar-refractivity contribution in [2.45, 2.75) is 38.8 Å². The van der Waals surface area contributed by atoms with E-state index in [9.17, 15) is 8.42 Å². The lowest BCUT2D eigenvalue weighted by Crippen LogP contribution is -2.34. The zero-order valence-corrected chi connectivity index (χ0v) is 15.1. The second kappa shape index (κ2) is 6.18. The van der Waals surface area contributed by atoms with Crippen LogP contribution < -0.4 is 9.62 Å². The largest absolute Gasteiger partial charge is 0.334 e. The second-order valence-electron chi connectivity index (χ2n) is 6.37. The minimum atomic E-state index is -3.28. The van der Waals surface area contributed by atoms with Crippen molar-refractivity contribution in [1.82, 2.24) is 15.5 Å². The summed E-state index contributed by atoms with van der Waals surface area (Å²) in [7, 11) is -1.39. The summed E-state index contributed by atoms with van der Waals surface area (Å²) in [5.41, 5.74) is 2.53. The molecule has 0 saturated carbocycles. The molecule has 2 heterocycles. The number of sulfonamides is 1. The maximum Gasteiger partial charge on any atom is 0.257 e. The highest BCUT2D eigenvalue weighted by Crippen LogP contribution is 2.36. The number of anilines is 1. The van der Waals surface area contributed by atoms with Crippen LogP contribution in [0.25, 0.3) is 11.5 Å². The number of rotatable bonds is 5. The normalized spacial score (nSPS) is 18.7. The molecule has 1 aromatic heterocycles. The molecule has 0 amide bonds. The molecule has 0 aliphatic carbocycles. The highest BCUT2D eigenvalue weighted by Gasteiger charge is 2.32.